The van der Waals surface area contributed by atoms with Gasteiger partial charge in [-0.15, -0.1) is 11.8 Å². The van der Waals surface area contributed by atoms with E-state index in [1.54, 1.807) is 18.9 Å². The number of halogens is 1. The number of imidazole rings is 1. The molecule has 0 radical (unpaired) electrons. The van der Waals surface area contributed by atoms with Crippen molar-refractivity contribution in [3.63, 3.8) is 0 Å². The van der Waals surface area contributed by atoms with Gasteiger partial charge in [-0.25, -0.2) is 4.98 Å². The predicted octanol–water partition coefficient (Wildman–Crippen LogP) is 3.87. The Labute approximate surface area is 131 Å². The van der Waals surface area contributed by atoms with Crippen LogP contribution in [0.3, 0.4) is 0 Å². The van der Waals surface area contributed by atoms with Crippen molar-refractivity contribution in [2.24, 2.45) is 0 Å². The Bertz CT molecular complexity index is 788. The molecule has 3 rings (SSSR count). The minimum atomic E-state index is 0.693. The van der Waals surface area contributed by atoms with Gasteiger partial charge in [0.1, 0.15) is 11.4 Å². The molecule has 4 nitrogen and oxygen atoms in total. The molecule has 0 atom stereocenters. The quantitative estimate of drug-likeness (QED) is 0.586. The second-order valence-corrected chi connectivity index (χ2v) is 6.00. The standard InChI is InChI=1S/C15H14ClN3OS/c1-20-13-6-11(17)3-4-14(13)21-9-12-8-19-7-10(16)2-5-15(19)18-12/h2-8H,9,17H2,1H3. The Morgan fingerprint density at radius 2 is 2.14 bits per heavy atom. The Morgan fingerprint density at radius 3 is 2.95 bits per heavy atom. The summed E-state index contributed by atoms with van der Waals surface area (Å²) < 4.78 is 7.27. The first-order valence-corrected chi connectivity index (χ1v) is 7.71. The number of thioether (sulfide) groups is 1. The molecule has 21 heavy (non-hydrogen) atoms. The third kappa shape index (κ3) is 3.09. The molecular weight excluding hydrogens is 306 g/mol. The maximum absolute atomic E-state index is 5.97. The van der Waals surface area contributed by atoms with E-state index in [1.165, 1.54) is 0 Å². The molecule has 0 amide bonds. The molecule has 0 aliphatic carbocycles. The number of fused-ring (bicyclic) bond motifs is 1. The van der Waals surface area contributed by atoms with Gasteiger partial charge in [-0.05, 0) is 24.3 Å². The zero-order valence-electron chi connectivity index (χ0n) is 11.4. The number of pyridine rings is 1. The van der Waals surface area contributed by atoms with E-state index in [1.807, 2.05) is 47.1 Å². The van der Waals surface area contributed by atoms with Crippen molar-refractivity contribution in [2.45, 2.75) is 10.6 Å². The minimum absolute atomic E-state index is 0.693. The zero-order valence-corrected chi connectivity index (χ0v) is 13.0. The number of hydrogen-bond donors (Lipinski definition) is 1. The third-order valence-electron chi connectivity index (χ3n) is 3.03. The summed E-state index contributed by atoms with van der Waals surface area (Å²) in [6, 6.07) is 9.40. The largest absolute Gasteiger partial charge is 0.496 e. The van der Waals surface area contributed by atoms with Crippen molar-refractivity contribution < 1.29 is 4.74 Å². The lowest BCUT2D eigenvalue weighted by molar-refractivity contribution is 0.405. The molecule has 6 heteroatoms. The molecule has 0 bridgehead atoms. The first-order chi connectivity index (χ1) is 10.2. The second kappa shape index (κ2) is 5.87. The Morgan fingerprint density at radius 1 is 1.29 bits per heavy atom. The normalized spacial score (nSPS) is 11.0. The molecule has 0 spiro atoms. The van der Waals surface area contributed by atoms with Gasteiger partial charge >= 0.3 is 0 Å². The smallest absolute Gasteiger partial charge is 0.137 e. The monoisotopic (exact) mass is 319 g/mol. The number of nitrogens with two attached hydrogens (primary N) is 1. The predicted molar refractivity (Wildman–Crippen MR) is 87.2 cm³/mol. The van der Waals surface area contributed by atoms with Crippen molar-refractivity contribution >= 4 is 34.7 Å². The lowest BCUT2D eigenvalue weighted by Crippen LogP contribution is -1.90. The van der Waals surface area contributed by atoms with Crippen LogP contribution in [-0.2, 0) is 5.75 Å². The maximum Gasteiger partial charge on any atom is 0.137 e. The van der Waals surface area contributed by atoms with Gasteiger partial charge in [0.15, 0.2) is 0 Å². The van der Waals surface area contributed by atoms with Crippen molar-refractivity contribution in [1.29, 1.82) is 0 Å². The van der Waals surface area contributed by atoms with Gasteiger partial charge in [0.05, 0.1) is 17.8 Å². The Hall–Kier alpha value is -1.85. The number of anilines is 1. The van der Waals surface area contributed by atoms with Crippen molar-refractivity contribution in [2.75, 3.05) is 12.8 Å². The first kappa shape index (κ1) is 14.1. The van der Waals surface area contributed by atoms with E-state index < -0.39 is 0 Å². The van der Waals surface area contributed by atoms with Crippen LogP contribution >= 0.6 is 23.4 Å². The molecule has 0 fully saturated rings. The minimum Gasteiger partial charge on any atom is -0.496 e. The molecule has 0 saturated carbocycles. The van der Waals surface area contributed by atoms with Crippen LogP contribution < -0.4 is 10.5 Å². The van der Waals surface area contributed by atoms with E-state index in [0.717, 1.165) is 27.7 Å². The summed E-state index contributed by atoms with van der Waals surface area (Å²) >= 11 is 7.64. The fourth-order valence-corrected chi connectivity index (χ4v) is 3.10. The number of benzene rings is 1. The number of nitrogen functional groups attached to an aromatic ring is 1. The summed E-state index contributed by atoms with van der Waals surface area (Å²) in [5.41, 5.74) is 8.33. The Kier molecular flexibility index (Phi) is 3.94. The van der Waals surface area contributed by atoms with Gasteiger partial charge in [-0.2, -0.15) is 0 Å². The van der Waals surface area contributed by atoms with Gasteiger partial charge in [-0.1, -0.05) is 11.6 Å². The number of methoxy groups -OCH3 is 1. The van der Waals surface area contributed by atoms with Crippen LogP contribution in [0.1, 0.15) is 5.69 Å². The van der Waals surface area contributed by atoms with Crippen molar-refractivity contribution in [3.8, 4) is 5.75 Å². The van der Waals surface area contributed by atoms with Gasteiger partial charge in [0, 0.05) is 34.8 Å². The highest BCUT2D eigenvalue weighted by atomic mass is 35.5. The maximum atomic E-state index is 5.97. The first-order valence-electron chi connectivity index (χ1n) is 6.35. The van der Waals surface area contributed by atoms with E-state index in [2.05, 4.69) is 4.98 Å². The summed E-state index contributed by atoms with van der Waals surface area (Å²) in [5.74, 6) is 1.53. The highest BCUT2D eigenvalue weighted by Crippen LogP contribution is 2.33. The number of rotatable bonds is 4. The van der Waals surface area contributed by atoms with Crippen LogP contribution in [0.25, 0.3) is 5.65 Å². The molecule has 0 aliphatic rings. The van der Waals surface area contributed by atoms with E-state index in [0.29, 0.717) is 10.7 Å². The number of ether oxygens (including phenoxy) is 1. The lowest BCUT2D eigenvalue weighted by atomic mass is 10.3. The highest BCUT2D eigenvalue weighted by molar-refractivity contribution is 7.98. The summed E-state index contributed by atoms with van der Waals surface area (Å²) in [7, 11) is 1.64. The van der Waals surface area contributed by atoms with Gasteiger partial charge < -0.3 is 14.9 Å². The fourth-order valence-electron chi connectivity index (χ4n) is 2.04. The molecule has 2 N–H and O–H groups in total. The van der Waals surface area contributed by atoms with Gasteiger partial charge in [-0.3, -0.25) is 0 Å². The fraction of sp³-hybridized carbons (Fsp3) is 0.133. The molecule has 0 saturated heterocycles. The number of aromatic nitrogens is 2. The molecular formula is C15H14ClN3OS. The summed E-state index contributed by atoms with van der Waals surface area (Å²) in [6.45, 7) is 0. The average Bonchev–Trinajstić information content (AvgIpc) is 2.87. The summed E-state index contributed by atoms with van der Waals surface area (Å²) in [4.78, 5) is 5.60. The van der Waals surface area contributed by atoms with Crippen LogP contribution in [-0.4, -0.2) is 16.5 Å². The average molecular weight is 320 g/mol. The molecule has 0 aliphatic heterocycles. The highest BCUT2D eigenvalue weighted by Gasteiger charge is 2.07. The molecule has 1 aromatic carbocycles. The summed E-state index contributed by atoms with van der Waals surface area (Å²) in [6.07, 6.45) is 3.83. The molecule has 0 unspecified atom stereocenters. The van der Waals surface area contributed by atoms with E-state index in [9.17, 15) is 0 Å². The lowest BCUT2D eigenvalue weighted by Gasteiger charge is -2.07. The van der Waals surface area contributed by atoms with Crippen LogP contribution in [0.15, 0.2) is 47.6 Å². The van der Waals surface area contributed by atoms with E-state index >= 15 is 0 Å². The molecule has 3 aromatic rings. The number of hydrogen-bond acceptors (Lipinski definition) is 4. The van der Waals surface area contributed by atoms with Gasteiger partial charge in [0.2, 0.25) is 0 Å². The topological polar surface area (TPSA) is 52.5 Å². The Balaban J connectivity index is 1.80. The van der Waals surface area contributed by atoms with E-state index in [-0.39, 0.29) is 0 Å². The third-order valence-corrected chi connectivity index (χ3v) is 4.34. The second-order valence-electron chi connectivity index (χ2n) is 4.54. The van der Waals surface area contributed by atoms with Gasteiger partial charge in [0.25, 0.3) is 0 Å². The van der Waals surface area contributed by atoms with Crippen LogP contribution in [0, 0.1) is 0 Å². The number of nitrogens with zero attached hydrogens (tertiary/aromatic N) is 2. The zero-order chi connectivity index (χ0) is 14.8. The van der Waals surface area contributed by atoms with Crippen LogP contribution in [0.2, 0.25) is 5.02 Å². The van der Waals surface area contributed by atoms with Crippen LogP contribution in [0.5, 0.6) is 5.75 Å². The SMILES string of the molecule is COc1cc(N)ccc1SCc1cn2cc(Cl)ccc2n1. The van der Waals surface area contributed by atoms with Crippen molar-refractivity contribution in [3.05, 3.63) is 53.4 Å². The molecule has 2 heterocycles. The molecule has 2 aromatic heterocycles. The van der Waals surface area contributed by atoms with Crippen LogP contribution in [0.4, 0.5) is 5.69 Å². The van der Waals surface area contributed by atoms with Crippen molar-refractivity contribution in [1.82, 2.24) is 9.38 Å². The summed E-state index contributed by atoms with van der Waals surface area (Å²) in [5, 5.41) is 0.694. The molecule has 108 valence electrons. The van der Waals surface area contributed by atoms with E-state index in [4.69, 9.17) is 22.1 Å².